The van der Waals surface area contributed by atoms with Gasteiger partial charge in [0.15, 0.2) is 0 Å². The maximum Gasteiger partial charge on any atom is 0.323 e. The number of imide groups is 1. The van der Waals surface area contributed by atoms with Gasteiger partial charge in [-0.25, -0.2) is 0 Å². The standard InChI is InChI=1S/C18H17N3O4S/c1-19(2)12-5-7-13(8-6-12)20-9-3-4-14(20)10-15-17(24)21(11-16(22)23)18(25)26-15/h3-10H,11H2,1-2H3,(H,22,23)/b15-10-. The number of hydrogen-bond donors (Lipinski definition) is 1. The molecule has 1 saturated heterocycles. The first-order chi connectivity index (χ1) is 12.4. The van der Waals surface area contributed by atoms with Crippen molar-refractivity contribution in [2.45, 2.75) is 0 Å². The minimum absolute atomic E-state index is 0.209. The molecule has 0 atom stereocenters. The Kier molecular flexibility index (Phi) is 4.85. The highest BCUT2D eigenvalue weighted by atomic mass is 32.2. The van der Waals surface area contributed by atoms with Gasteiger partial charge in [-0.2, -0.15) is 0 Å². The molecule has 0 saturated carbocycles. The zero-order valence-corrected chi connectivity index (χ0v) is 15.1. The second-order valence-electron chi connectivity index (χ2n) is 5.88. The smallest absolute Gasteiger partial charge is 0.323 e. The van der Waals surface area contributed by atoms with E-state index in [1.54, 1.807) is 6.08 Å². The number of aromatic nitrogens is 1. The minimum Gasteiger partial charge on any atom is -0.480 e. The fourth-order valence-corrected chi connectivity index (χ4v) is 3.39. The van der Waals surface area contributed by atoms with Crippen molar-refractivity contribution >= 4 is 40.6 Å². The molecule has 3 rings (SSSR count). The number of carbonyl (C=O) groups excluding carboxylic acids is 2. The van der Waals surface area contributed by atoms with E-state index in [1.807, 2.05) is 66.2 Å². The Morgan fingerprint density at radius 1 is 1.19 bits per heavy atom. The molecule has 1 fully saturated rings. The number of benzene rings is 1. The Bertz CT molecular complexity index is 899. The lowest BCUT2D eigenvalue weighted by Gasteiger charge is -2.14. The Hall–Kier alpha value is -3.00. The van der Waals surface area contributed by atoms with Crippen molar-refractivity contribution in [1.82, 2.24) is 9.47 Å². The largest absolute Gasteiger partial charge is 0.480 e. The number of hydrogen-bond acceptors (Lipinski definition) is 5. The molecule has 2 aromatic rings. The zero-order chi connectivity index (χ0) is 18.8. The van der Waals surface area contributed by atoms with Gasteiger partial charge in [-0.05, 0) is 54.2 Å². The van der Waals surface area contributed by atoms with Crippen LogP contribution in [-0.4, -0.2) is 52.3 Å². The monoisotopic (exact) mass is 371 g/mol. The Morgan fingerprint density at radius 3 is 2.50 bits per heavy atom. The van der Waals surface area contributed by atoms with Gasteiger partial charge in [0.2, 0.25) is 0 Å². The molecule has 0 aliphatic carbocycles. The SMILES string of the molecule is CN(C)c1ccc(-n2cccc2/C=C2\SC(=O)N(CC(=O)O)C2=O)cc1. The molecule has 0 unspecified atom stereocenters. The first-order valence-electron chi connectivity index (χ1n) is 7.79. The number of carboxylic acid groups (broad SMARTS) is 1. The van der Waals surface area contributed by atoms with Gasteiger partial charge >= 0.3 is 5.97 Å². The van der Waals surface area contributed by atoms with E-state index in [9.17, 15) is 14.4 Å². The van der Waals surface area contributed by atoms with Crippen LogP contribution in [0.5, 0.6) is 0 Å². The highest BCUT2D eigenvalue weighted by Gasteiger charge is 2.36. The summed E-state index contributed by atoms with van der Waals surface area (Å²) in [6.07, 6.45) is 3.46. The Labute approximate surface area is 154 Å². The highest BCUT2D eigenvalue weighted by molar-refractivity contribution is 8.18. The molecule has 1 aliphatic heterocycles. The number of carboxylic acids is 1. The fourth-order valence-electron chi connectivity index (χ4n) is 2.56. The van der Waals surface area contributed by atoms with Crippen LogP contribution < -0.4 is 4.90 Å². The summed E-state index contributed by atoms with van der Waals surface area (Å²) in [4.78, 5) is 37.9. The van der Waals surface area contributed by atoms with Gasteiger partial charge in [0.05, 0.1) is 4.91 Å². The molecule has 0 radical (unpaired) electrons. The second-order valence-corrected chi connectivity index (χ2v) is 6.87. The van der Waals surface area contributed by atoms with E-state index in [0.29, 0.717) is 0 Å². The predicted molar refractivity (Wildman–Crippen MR) is 100 cm³/mol. The predicted octanol–water partition coefficient (Wildman–Crippen LogP) is 2.66. The maximum atomic E-state index is 12.3. The third-order valence-electron chi connectivity index (χ3n) is 3.87. The molecule has 0 spiro atoms. The number of thioether (sulfide) groups is 1. The van der Waals surface area contributed by atoms with Crippen molar-refractivity contribution in [2.24, 2.45) is 0 Å². The number of anilines is 1. The molecule has 1 aliphatic rings. The molecule has 2 heterocycles. The third-order valence-corrected chi connectivity index (χ3v) is 4.78. The molecule has 7 nitrogen and oxygen atoms in total. The topological polar surface area (TPSA) is 82.8 Å². The summed E-state index contributed by atoms with van der Waals surface area (Å²) in [5.74, 6) is -1.81. The van der Waals surface area contributed by atoms with Crippen molar-refractivity contribution in [2.75, 3.05) is 25.5 Å². The highest BCUT2D eigenvalue weighted by Crippen LogP contribution is 2.32. The van der Waals surface area contributed by atoms with Crippen LogP contribution >= 0.6 is 11.8 Å². The van der Waals surface area contributed by atoms with Gasteiger partial charge in [-0.3, -0.25) is 19.3 Å². The molecule has 134 valence electrons. The minimum atomic E-state index is -1.22. The van der Waals surface area contributed by atoms with Crippen molar-refractivity contribution < 1.29 is 19.5 Å². The van der Waals surface area contributed by atoms with Crippen molar-refractivity contribution in [3.63, 3.8) is 0 Å². The van der Waals surface area contributed by atoms with E-state index in [0.717, 1.165) is 33.7 Å². The van der Waals surface area contributed by atoms with E-state index in [2.05, 4.69) is 0 Å². The molecule has 0 bridgehead atoms. The lowest BCUT2D eigenvalue weighted by atomic mass is 10.2. The van der Waals surface area contributed by atoms with E-state index in [4.69, 9.17) is 5.11 Å². The summed E-state index contributed by atoms with van der Waals surface area (Å²) >= 11 is 0.747. The number of aliphatic carboxylic acids is 1. The maximum absolute atomic E-state index is 12.3. The van der Waals surface area contributed by atoms with Crippen LogP contribution in [0.1, 0.15) is 5.69 Å². The molecule has 1 aromatic carbocycles. The summed E-state index contributed by atoms with van der Waals surface area (Å²) in [7, 11) is 3.92. The fraction of sp³-hybridized carbons (Fsp3) is 0.167. The summed E-state index contributed by atoms with van der Waals surface area (Å²) in [6.45, 7) is -0.630. The lowest BCUT2D eigenvalue weighted by Crippen LogP contribution is -2.33. The summed E-state index contributed by atoms with van der Waals surface area (Å²) < 4.78 is 1.89. The summed E-state index contributed by atoms with van der Waals surface area (Å²) in [5.41, 5.74) is 2.71. The van der Waals surface area contributed by atoms with Crippen LogP contribution in [0.15, 0.2) is 47.5 Å². The van der Waals surface area contributed by atoms with Crippen LogP contribution in [0.3, 0.4) is 0 Å². The van der Waals surface area contributed by atoms with Crippen LogP contribution in [0.2, 0.25) is 0 Å². The third kappa shape index (κ3) is 3.50. The molecule has 1 N–H and O–H groups in total. The van der Waals surface area contributed by atoms with Crippen LogP contribution in [0.25, 0.3) is 11.8 Å². The van der Waals surface area contributed by atoms with Crippen LogP contribution in [-0.2, 0) is 9.59 Å². The Balaban J connectivity index is 1.89. The first-order valence-corrected chi connectivity index (χ1v) is 8.61. The number of carbonyl (C=O) groups is 3. The van der Waals surface area contributed by atoms with Crippen molar-refractivity contribution in [3.05, 3.63) is 53.2 Å². The summed E-state index contributed by atoms with van der Waals surface area (Å²) in [5, 5.41) is 8.25. The van der Waals surface area contributed by atoms with Gasteiger partial charge in [-0.1, -0.05) is 0 Å². The zero-order valence-electron chi connectivity index (χ0n) is 14.2. The first kappa shape index (κ1) is 17.8. The molecule has 1 aromatic heterocycles. The molecular formula is C18H17N3O4S. The second kappa shape index (κ2) is 7.09. The van der Waals surface area contributed by atoms with Crippen molar-refractivity contribution in [3.8, 4) is 5.69 Å². The Morgan fingerprint density at radius 2 is 1.88 bits per heavy atom. The van der Waals surface area contributed by atoms with E-state index in [1.165, 1.54) is 0 Å². The number of rotatable bonds is 5. The molecule has 8 heteroatoms. The van der Waals surface area contributed by atoms with Gasteiger partial charge in [0, 0.05) is 37.4 Å². The van der Waals surface area contributed by atoms with Crippen LogP contribution in [0, 0.1) is 0 Å². The molecular weight excluding hydrogens is 354 g/mol. The molecule has 2 amide bonds. The quantitative estimate of drug-likeness (QED) is 0.814. The lowest BCUT2D eigenvalue weighted by molar-refractivity contribution is -0.140. The van der Waals surface area contributed by atoms with Gasteiger partial charge < -0.3 is 14.6 Å². The van der Waals surface area contributed by atoms with E-state index in [-0.39, 0.29) is 4.91 Å². The van der Waals surface area contributed by atoms with Gasteiger partial charge in [-0.15, -0.1) is 0 Å². The van der Waals surface area contributed by atoms with Crippen molar-refractivity contribution in [1.29, 1.82) is 0 Å². The van der Waals surface area contributed by atoms with Gasteiger partial charge in [0.25, 0.3) is 11.1 Å². The van der Waals surface area contributed by atoms with Crippen LogP contribution in [0.4, 0.5) is 10.5 Å². The summed E-state index contributed by atoms with van der Waals surface area (Å²) in [6, 6.07) is 11.6. The average Bonchev–Trinajstić information content (AvgIpc) is 3.15. The van der Waals surface area contributed by atoms with Gasteiger partial charge in [0.1, 0.15) is 6.54 Å². The normalized spacial score (nSPS) is 15.8. The number of nitrogens with zero attached hydrogens (tertiary/aromatic N) is 3. The van der Waals surface area contributed by atoms with E-state index < -0.39 is 23.7 Å². The molecule has 26 heavy (non-hydrogen) atoms. The average molecular weight is 371 g/mol. The number of amides is 2. The van der Waals surface area contributed by atoms with E-state index >= 15 is 0 Å².